The first-order valence-electron chi connectivity index (χ1n) is 10.5. The Hall–Kier alpha value is -2.73. The number of nitrogens with two attached hydrogens (primary N) is 1. The Kier molecular flexibility index (Phi) is 6.20. The van der Waals surface area contributed by atoms with Gasteiger partial charge in [0.2, 0.25) is 0 Å². The summed E-state index contributed by atoms with van der Waals surface area (Å²) in [5.74, 6) is 2.10. The summed E-state index contributed by atoms with van der Waals surface area (Å²) >= 11 is 0. The monoisotopic (exact) mass is 393 g/mol. The van der Waals surface area contributed by atoms with Crippen LogP contribution in [-0.4, -0.2) is 50.7 Å². The van der Waals surface area contributed by atoms with Gasteiger partial charge in [-0.2, -0.15) is 0 Å². The van der Waals surface area contributed by atoms with Crippen LogP contribution in [0.1, 0.15) is 18.4 Å². The Balaban J connectivity index is 1.28. The molecule has 2 aromatic rings. The van der Waals surface area contributed by atoms with Crippen LogP contribution in [0, 0.1) is 5.92 Å². The summed E-state index contributed by atoms with van der Waals surface area (Å²) in [6, 6.07) is 16.4. The van der Waals surface area contributed by atoms with Crippen molar-refractivity contribution in [3.05, 3.63) is 54.1 Å². The summed E-state index contributed by atoms with van der Waals surface area (Å²) in [7, 11) is 1.64. The average Bonchev–Trinajstić information content (AvgIpc) is 3.58. The lowest BCUT2D eigenvalue weighted by molar-refractivity contribution is 0.248. The second kappa shape index (κ2) is 9.18. The van der Waals surface area contributed by atoms with E-state index in [-0.39, 0.29) is 0 Å². The zero-order valence-corrected chi connectivity index (χ0v) is 17.2. The number of guanidine groups is 1. The molecule has 1 aliphatic heterocycles. The van der Waals surface area contributed by atoms with Crippen molar-refractivity contribution >= 4 is 17.3 Å². The summed E-state index contributed by atoms with van der Waals surface area (Å²) in [6.07, 6.45) is 2.87. The number of benzene rings is 2. The van der Waals surface area contributed by atoms with Gasteiger partial charge in [0.05, 0.1) is 19.3 Å². The maximum absolute atomic E-state index is 6.05. The minimum Gasteiger partial charge on any atom is -0.495 e. The second-order valence-electron chi connectivity index (χ2n) is 7.92. The largest absolute Gasteiger partial charge is 0.495 e. The molecule has 0 radical (unpaired) electrons. The summed E-state index contributed by atoms with van der Waals surface area (Å²) < 4.78 is 5.33. The number of rotatable bonds is 7. The lowest BCUT2D eigenvalue weighted by Crippen LogP contribution is -2.47. The van der Waals surface area contributed by atoms with Crippen molar-refractivity contribution < 1.29 is 4.74 Å². The van der Waals surface area contributed by atoms with Crippen LogP contribution in [0.4, 0.5) is 11.4 Å². The van der Waals surface area contributed by atoms with E-state index in [9.17, 15) is 0 Å². The zero-order chi connectivity index (χ0) is 20.1. The van der Waals surface area contributed by atoms with Crippen LogP contribution in [0.25, 0.3) is 0 Å². The van der Waals surface area contributed by atoms with Crippen LogP contribution in [0.15, 0.2) is 53.5 Å². The molecule has 1 saturated carbocycles. The number of hydrogen-bond donors (Lipinski definition) is 2. The van der Waals surface area contributed by atoms with Gasteiger partial charge in [-0.15, -0.1) is 0 Å². The van der Waals surface area contributed by atoms with Gasteiger partial charge in [0, 0.05) is 38.4 Å². The van der Waals surface area contributed by atoms with Gasteiger partial charge >= 0.3 is 0 Å². The molecule has 0 amide bonds. The number of ether oxygens (including phenoxy) is 1. The Morgan fingerprint density at radius 2 is 1.79 bits per heavy atom. The molecule has 0 atom stereocenters. The van der Waals surface area contributed by atoms with Crippen LogP contribution in [0.5, 0.6) is 5.75 Å². The van der Waals surface area contributed by atoms with Crippen molar-refractivity contribution in [1.29, 1.82) is 0 Å². The van der Waals surface area contributed by atoms with Gasteiger partial charge in [0.1, 0.15) is 5.75 Å². The van der Waals surface area contributed by atoms with Crippen LogP contribution in [0.3, 0.4) is 0 Å². The highest BCUT2D eigenvalue weighted by molar-refractivity contribution is 5.93. The van der Waals surface area contributed by atoms with Gasteiger partial charge < -0.3 is 20.7 Å². The molecule has 29 heavy (non-hydrogen) atoms. The molecule has 6 heteroatoms. The molecule has 3 N–H and O–H groups in total. The normalized spacial score (nSPS) is 18.0. The third-order valence-corrected chi connectivity index (χ3v) is 5.69. The van der Waals surface area contributed by atoms with Crippen molar-refractivity contribution in [2.45, 2.75) is 19.4 Å². The number of nitrogens with zero attached hydrogens (tertiary/aromatic N) is 3. The fourth-order valence-corrected chi connectivity index (χ4v) is 3.77. The molecule has 2 fully saturated rings. The minimum absolute atomic E-state index is 0.380. The third kappa shape index (κ3) is 5.41. The van der Waals surface area contributed by atoms with Gasteiger partial charge in [0.15, 0.2) is 5.96 Å². The van der Waals surface area contributed by atoms with E-state index in [0.717, 1.165) is 36.0 Å². The molecule has 6 nitrogen and oxygen atoms in total. The molecule has 1 saturated heterocycles. The fraction of sp³-hybridized carbons (Fsp3) is 0.435. The zero-order valence-electron chi connectivity index (χ0n) is 17.2. The van der Waals surface area contributed by atoms with E-state index in [1.807, 2.05) is 24.3 Å². The average molecular weight is 394 g/mol. The molecule has 1 aliphatic carbocycles. The van der Waals surface area contributed by atoms with E-state index >= 15 is 0 Å². The van der Waals surface area contributed by atoms with Gasteiger partial charge in [-0.1, -0.05) is 24.3 Å². The molecule has 0 spiro atoms. The molecule has 0 aromatic heterocycles. The topological polar surface area (TPSA) is 66.1 Å². The predicted octanol–water partition coefficient (Wildman–Crippen LogP) is 3.15. The Morgan fingerprint density at radius 1 is 1.07 bits per heavy atom. The van der Waals surface area contributed by atoms with E-state index in [4.69, 9.17) is 10.5 Å². The molecule has 0 bridgehead atoms. The first kappa shape index (κ1) is 19.6. The molecular weight excluding hydrogens is 362 g/mol. The Labute approximate surface area is 173 Å². The van der Waals surface area contributed by atoms with E-state index in [2.05, 4.69) is 44.4 Å². The third-order valence-electron chi connectivity index (χ3n) is 5.69. The number of para-hydroxylation sites is 2. The number of anilines is 2. The summed E-state index contributed by atoms with van der Waals surface area (Å²) in [5, 5.41) is 3.11. The minimum atomic E-state index is 0.380. The first-order valence-corrected chi connectivity index (χ1v) is 10.5. The number of hydrogen-bond acceptors (Lipinski definition) is 4. The molecule has 154 valence electrons. The van der Waals surface area contributed by atoms with Crippen molar-refractivity contribution in [2.75, 3.05) is 50.1 Å². The molecule has 2 aliphatic rings. The van der Waals surface area contributed by atoms with Crippen molar-refractivity contribution in [1.82, 2.24) is 4.90 Å². The van der Waals surface area contributed by atoms with Gasteiger partial charge in [-0.05, 0) is 48.6 Å². The smallest absolute Gasteiger partial charge is 0.193 e. The van der Waals surface area contributed by atoms with E-state index in [1.54, 1.807) is 7.11 Å². The predicted molar refractivity (Wildman–Crippen MR) is 120 cm³/mol. The van der Waals surface area contributed by atoms with E-state index < -0.39 is 0 Å². The van der Waals surface area contributed by atoms with Crippen LogP contribution in [0.2, 0.25) is 0 Å². The van der Waals surface area contributed by atoms with Crippen molar-refractivity contribution in [2.24, 2.45) is 16.6 Å². The number of piperazine rings is 1. The quantitative estimate of drug-likeness (QED) is 0.559. The maximum Gasteiger partial charge on any atom is 0.193 e. The summed E-state index contributed by atoms with van der Waals surface area (Å²) in [4.78, 5) is 9.56. The highest BCUT2D eigenvalue weighted by Crippen LogP contribution is 2.30. The van der Waals surface area contributed by atoms with Crippen molar-refractivity contribution in [3.8, 4) is 5.75 Å². The van der Waals surface area contributed by atoms with Gasteiger partial charge in [0.25, 0.3) is 0 Å². The van der Waals surface area contributed by atoms with Crippen LogP contribution >= 0.6 is 0 Å². The van der Waals surface area contributed by atoms with E-state index in [0.29, 0.717) is 12.5 Å². The standard InChI is InChI=1S/C23H31N5O/c1-29-22-5-3-2-4-21(22)26-23(24)25-16-18-8-10-20(11-9-18)28-14-12-27(13-15-28)17-19-6-7-19/h2-5,8-11,19H,6-7,12-17H2,1H3,(H3,24,25,26). The molecule has 2 aromatic carbocycles. The molecular formula is C23H31N5O. The summed E-state index contributed by atoms with van der Waals surface area (Å²) in [5.41, 5.74) is 9.30. The lowest BCUT2D eigenvalue weighted by atomic mass is 10.1. The SMILES string of the molecule is COc1ccccc1NC(N)=NCc1ccc(N2CCN(CC3CC3)CC2)cc1. The fourth-order valence-electron chi connectivity index (χ4n) is 3.77. The van der Waals surface area contributed by atoms with Crippen LogP contribution in [-0.2, 0) is 6.54 Å². The Bertz CT molecular complexity index is 823. The molecule has 4 rings (SSSR count). The van der Waals surface area contributed by atoms with Gasteiger partial charge in [-0.3, -0.25) is 4.90 Å². The number of methoxy groups -OCH3 is 1. The molecule has 1 heterocycles. The van der Waals surface area contributed by atoms with Crippen molar-refractivity contribution in [3.63, 3.8) is 0 Å². The maximum atomic E-state index is 6.05. The number of nitrogens with one attached hydrogen (secondary N) is 1. The summed E-state index contributed by atoms with van der Waals surface area (Å²) in [6.45, 7) is 6.42. The molecule has 0 unspecified atom stereocenters. The number of aliphatic imine (C=N–C) groups is 1. The first-order chi connectivity index (χ1) is 14.2. The second-order valence-corrected chi connectivity index (χ2v) is 7.92. The van der Waals surface area contributed by atoms with Crippen LogP contribution < -0.4 is 20.7 Å². The lowest BCUT2D eigenvalue weighted by Gasteiger charge is -2.36. The Morgan fingerprint density at radius 3 is 2.48 bits per heavy atom. The highest BCUT2D eigenvalue weighted by atomic mass is 16.5. The highest BCUT2D eigenvalue weighted by Gasteiger charge is 2.26. The van der Waals surface area contributed by atoms with Gasteiger partial charge in [-0.25, -0.2) is 4.99 Å². The van der Waals surface area contributed by atoms with E-state index in [1.165, 1.54) is 38.2 Å².